The Hall–Kier alpha value is -2.62. The van der Waals surface area contributed by atoms with Gasteiger partial charge in [-0.05, 0) is 42.0 Å². The second-order valence-electron chi connectivity index (χ2n) is 5.94. The Morgan fingerprint density at radius 1 is 1.17 bits per heavy atom. The summed E-state index contributed by atoms with van der Waals surface area (Å²) < 4.78 is 7.16. The number of hydrogen-bond donors (Lipinski definition) is 0. The van der Waals surface area contributed by atoms with E-state index in [0.717, 1.165) is 22.3 Å². The predicted molar refractivity (Wildman–Crippen MR) is 92.7 cm³/mol. The summed E-state index contributed by atoms with van der Waals surface area (Å²) in [4.78, 5) is 17.4. The summed E-state index contributed by atoms with van der Waals surface area (Å²) in [6.45, 7) is 6.13. The van der Waals surface area contributed by atoms with E-state index in [0.29, 0.717) is 11.3 Å². The number of rotatable bonds is 3. The number of methoxy groups -OCH3 is 1. The Labute approximate surface area is 135 Å². The molecule has 2 heterocycles. The molecule has 0 aliphatic heterocycles. The van der Waals surface area contributed by atoms with Crippen LogP contribution in [0.15, 0.2) is 47.4 Å². The number of aromatic nitrogens is 2. The van der Waals surface area contributed by atoms with Gasteiger partial charge in [-0.1, -0.05) is 32.0 Å². The van der Waals surface area contributed by atoms with Crippen molar-refractivity contribution in [3.05, 3.63) is 64.2 Å². The molecule has 4 nitrogen and oxygen atoms in total. The average Bonchev–Trinajstić information content (AvgIpc) is 2.55. The second-order valence-corrected chi connectivity index (χ2v) is 5.94. The van der Waals surface area contributed by atoms with Crippen molar-refractivity contribution in [3.8, 4) is 11.6 Å². The fourth-order valence-electron chi connectivity index (χ4n) is 2.88. The molecule has 0 amide bonds. The lowest BCUT2D eigenvalue weighted by Crippen LogP contribution is -2.24. The zero-order chi connectivity index (χ0) is 16.6. The summed E-state index contributed by atoms with van der Waals surface area (Å²) in [7, 11) is 1.58. The van der Waals surface area contributed by atoms with Gasteiger partial charge in [0, 0.05) is 17.3 Å². The van der Waals surface area contributed by atoms with E-state index in [4.69, 9.17) is 4.74 Å². The van der Waals surface area contributed by atoms with E-state index in [1.54, 1.807) is 17.9 Å². The van der Waals surface area contributed by atoms with Gasteiger partial charge < -0.3 is 4.74 Å². The summed E-state index contributed by atoms with van der Waals surface area (Å²) >= 11 is 0. The number of fused-ring (bicyclic) bond motifs is 1. The Kier molecular flexibility index (Phi) is 3.90. The zero-order valence-electron chi connectivity index (χ0n) is 13.8. The van der Waals surface area contributed by atoms with Gasteiger partial charge in [0.15, 0.2) is 0 Å². The third kappa shape index (κ3) is 2.50. The first-order valence-electron chi connectivity index (χ1n) is 7.69. The molecule has 0 fully saturated rings. The van der Waals surface area contributed by atoms with Crippen LogP contribution in [0.5, 0.6) is 5.88 Å². The first-order chi connectivity index (χ1) is 11.0. The lowest BCUT2D eigenvalue weighted by Gasteiger charge is -2.20. The lowest BCUT2D eigenvalue weighted by atomic mass is 10.0. The molecule has 4 heteroatoms. The minimum Gasteiger partial charge on any atom is -0.479 e. The summed E-state index contributed by atoms with van der Waals surface area (Å²) in [5.41, 5.74) is 2.58. The van der Waals surface area contributed by atoms with Crippen molar-refractivity contribution in [2.45, 2.75) is 26.7 Å². The highest BCUT2D eigenvalue weighted by molar-refractivity contribution is 5.82. The molecule has 0 atom stereocenters. The average molecular weight is 308 g/mol. The smallest absolute Gasteiger partial charge is 0.263 e. The molecule has 3 aromatic rings. The van der Waals surface area contributed by atoms with Crippen LogP contribution in [0.25, 0.3) is 16.5 Å². The molecule has 0 aliphatic rings. The van der Waals surface area contributed by atoms with Crippen LogP contribution in [-0.4, -0.2) is 16.7 Å². The second kappa shape index (κ2) is 5.88. The number of pyridine rings is 2. The van der Waals surface area contributed by atoms with Crippen molar-refractivity contribution >= 4 is 10.8 Å². The van der Waals surface area contributed by atoms with Crippen LogP contribution in [0.2, 0.25) is 0 Å². The van der Waals surface area contributed by atoms with E-state index in [2.05, 4.69) is 24.9 Å². The molecule has 118 valence electrons. The Balaban J connectivity index is 2.49. The molecular formula is C19H20N2O2. The van der Waals surface area contributed by atoms with Crippen molar-refractivity contribution in [2.24, 2.45) is 0 Å². The van der Waals surface area contributed by atoms with Crippen LogP contribution >= 0.6 is 0 Å². The third-order valence-electron chi connectivity index (χ3n) is 4.06. The first kappa shape index (κ1) is 15.3. The molecule has 0 spiro atoms. The van der Waals surface area contributed by atoms with Gasteiger partial charge in [-0.15, -0.1) is 0 Å². The quantitative estimate of drug-likeness (QED) is 0.738. The van der Waals surface area contributed by atoms with Crippen molar-refractivity contribution < 1.29 is 4.74 Å². The number of hydrogen-bond acceptors (Lipinski definition) is 3. The molecule has 2 aromatic heterocycles. The highest BCUT2D eigenvalue weighted by Gasteiger charge is 2.18. The Morgan fingerprint density at radius 3 is 2.61 bits per heavy atom. The molecule has 0 N–H and O–H groups in total. The topological polar surface area (TPSA) is 44.1 Å². The van der Waals surface area contributed by atoms with Gasteiger partial charge >= 0.3 is 0 Å². The minimum atomic E-state index is -0.0406. The van der Waals surface area contributed by atoms with Gasteiger partial charge in [-0.3, -0.25) is 9.36 Å². The van der Waals surface area contributed by atoms with Crippen LogP contribution in [0.1, 0.15) is 31.0 Å². The number of benzene rings is 1. The van der Waals surface area contributed by atoms with Gasteiger partial charge in [-0.25, -0.2) is 4.98 Å². The van der Waals surface area contributed by atoms with Gasteiger partial charge in [0.2, 0.25) is 5.88 Å². The van der Waals surface area contributed by atoms with Crippen molar-refractivity contribution in [3.63, 3.8) is 0 Å². The molecule has 0 saturated heterocycles. The van der Waals surface area contributed by atoms with Crippen molar-refractivity contribution in [2.75, 3.05) is 7.11 Å². The molecule has 0 aliphatic carbocycles. The maximum atomic E-state index is 13.2. The summed E-state index contributed by atoms with van der Waals surface area (Å²) in [5, 5.41) is 1.65. The molecule has 0 unspecified atom stereocenters. The predicted octanol–water partition coefficient (Wildman–Crippen LogP) is 3.83. The molecular weight excluding hydrogens is 288 g/mol. The maximum absolute atomic E-state index is 13.2. The monoisotopic (exact) mass is 308 g/mol. The van der Waals surface area contributed by atoms with Crippen LogP contribution in [0.3, 0.4) is 0 Å². The van der Waals surface area contributed by atoms with E-state index in [1.807, 2.05) is 37.3 Å². The molecule has 23 heavy (non-hydrogen) atoms. The highest BCUT2D eigenvalue weighted by Crippen LogP contribution is 2.28. The molecule has 1 aromatic carbocycles. The zero-order valence-corrected chi connectivity index (χ0v) is 13.8. The summed E-state index contributed by atoms with van der Waals surface area (Å²) in [6.07, 6.45) is 1.69. The van der Waals surface area contributed by atoms with Gasteiger partial charge in [0.1, 0.15) is 5.69 Å². The standard InChI is InChI=1S/C19H20N2O2/c1-12(2)16-11-14-7-5-6-8-15(14)19(22)21(16)17-13(3)9-10-20-18(17)23-4/h5-12H,1-4H3. The van der Waals surface area contributed by atoms with Gasteiger partial charge in [0.05, 0.1) is 7.11 Å². The van der Waals surface area contributed by atoms with Crippen LogP contribution in [0, 0.1) is 6.92 Å². The van der Waals surface area contributed by atoms with Crippen molar-refractivity contribution in [1.29, 1.82) is 0 Å². The van der Waals surface area contributed by atoms with E-state index >= 15 is 0 Å². The van der Waals surface area contributed by atoms with Crippen LogP contribution < -0.4 is 10.3 Å². The van der Waals surface area contributed by atoms with E-state index in [1.165, 1.54) is 0 Å². The van der Waals surface area contributed by atoms with Gasteiger partial charge in [0.25, 0.3) is 5.56 Å². The Bertz CT molecular complexity index is 926. The van der Waals surface area contributed by atoms with Crippen LogP contribution in [0.4, 0.5) is 0 Å². The molecule has 0 radical (unpaired) electrons. The van der Waals surface area contributed by atoms with E-state index in [-0.39, 0.29) is 11.5 Å². The number of nitrogens with zero attached hydrogens (tertiary/aromatic N) is 2. The molecule has 0 bridgehead atoms. The van der Waals surface area contributed by atoms with E-state index in [9.17, 15) is 4.79 Å². The lowest BCUT2D eigenvalue weighted by molar-refractivity contribution is 0.394. The Morgan fingerprint density at radius 2 is 1.91 bits per heavy atom. The van der Waals surface area contributed by atoms with Gasteiger partial charge in [-0.2, -0.15) is 0 Å². The minimum absolute atomic E-state index is 0.0406. The maximum Gasteiger partial charge on any atom is 0.263 e. The van der Waals surface area contributed by atoms with Crippen molar-refractivity contribution in [1.82, 2.24) is 9.55 Å². The molecule has 0 saturated carbocycles. The van der Waals surface area contributed by atoms with E-state index < -0.39 is 0 Å². The first-order valence-corrected chi connectivity index (χ1v) is 7.69. The van der Waals surface area contributed by atoms with Crippen LogP contribution in [-0.2, 0) is 0 Å². The largest absolute Gasteiger partial charge is 0.479 e. The highest BCUT2D eigenvalue weighted by atomic mass is 16.5. The SMILES string of the molecule is COc1nccc(C)c1-n1c(C(C)C)cc2ccccc2c1=O. The normalized spacial score (nSPS) is 11.2. The number of aryl methyl sites for hydroxylation is 1. The fourth-order valence-corrected chi connectivity index (χ4v) is 2.88. The summed E-state index contributed by atoms with van der Waals surface area (Å²) in [6, 6.07) is 11.6. The number of ether oxygens (including phenoxy) is 1. The third-order valence-corrected chi connectivity index (χ3v) is 4.06. The summed E-state index contributed by atoms with van der Waals surface area (Å²) in [5.74, 6) is 0.654. The molecule has 3 rings (SSSR count). The fraction of sp³-hybridized carbons (Fsp3) is 0.263.